The van der Waals surface area contributed by atoms with Gasteiger partial charge in [0.25, 0.3) is 0 Å². The molecule has 0 unspecified atom stereocenters. The van der Waals surface area contributed by atoms with Crippen LogP contribution in [0.4, 0.5) is 0 Å². The summed E-state index contributed by atoms with van der Waals surface area (Å²) >= 11 is 6.00. The van der Waals surface area contributed by atoms with Gasteiger partial charge >= 0.3 is 0 Å². The molecular formula is C17H13ClO2. The van der Waals surface area contributed by atoms with Gasteiger partial charge in [0.1, 0.15) is 17.3 Å². The molecular weight excluding hydrogens is 272 g/mol. The summed E-state index contributed by atoms with van der Waals surface area (Å²) in [5, 5.41) is 0.699. The zero-order valence-corrected chi connectivity index (χ0v) is 11.7. The lowest BCUT2D eigenvalue weighted by Gasteiger charge is -2.01. The van der Waals surface area contributed by atoms with Crippen LogP contribution in [0.25, 0.3) is 22.6 Å². The second-order valence-electron chi connectivity index (χ2n) is 4.40. The SMILES string of the molecule is COc1ccc(-c2ccc(-c3cccc(Cl)c3)o2)cc1. The van der Waals surface area contributed by atoms with Gasteiger partial charge in [-0.25, -0.2) is 0 Å². The Morgan fingerprint density at radius 3 is 2.20 bits per heavy atom. The largest absolute Gasteiger partial charge is 0.497 e. The van der Waals surface area contributed by atoms with Crippen molar-refractivity contribution in [2.45, 2.75) is 0 Å². The summed E-state index contributed by atoms with van der Waals surface area (Å²) < 4.78 is 11.0. The number of hydrogen-bond acceptors (Lipinski definition) is 2. The molecule has 3 aromatic rings. The maximum Gasteiger partial charge on any atom is 0.134 e. The van der Waals surface area contributed by atoms with E-state index in [9.17, 15) is 0 Å². The van der Waals surface area contributed by atoms with E-state index in [4.69, 9.17) is 20.8 Å². The van der Waals surface area contributed by atoms with Crippen molar-refractivity contribution >= 4 is 11.6 Å². The lowest BCUT2D eigenvalue weighted by molar-refractivity contribution is 0.415. The van der Waals surface area contributed by atoms with Crippen molar-refractivity contribution in [1.82, 2.24) is 0 Å². The summed E-state index contributed by atoms with van der Waals surface area (Å²) in [7, 11) is 1.65. The van der Waals surface area contributed by atoms with E-state index in [0.717, 1.165) is 28.4 Å². The summed E-state index contributed by atoms with van der Waals surface area (Å²) in [6.45, 7) is 0. The smallest absolute Gasteiger partial charge is 0.134 e. The van der Waals surface area contributed by atoms with E-state index in [2.05, 4.69) is 0 Å². The third-order valence-electron chi connectivity index (χ3n) is 3.09. The number of benzene rings is 2. The quantitative estimate of drug-likeness (QED) is 0.653. The molecule has 0 aliphatic carbocycles. The minimum Gasteiger partial charge on any atom is -0.497 e. The Kier molecular flexibility index (Phi) is 3.48. The van der Waals surface area contributed by atoms with Crippen LogP contribution in [0.5, 0.6) is 5.75 Å². The van der Waals surface area contributed by atoms with Crippen molar-refractivity contribution in [1.29, 1.82) is 0 Å². The zero-order valence-electron chi connectivity index (χ0n) is 11.0. The number of furan rings is 1. The number of methoxy groups -OCH3 is 1. The van der Waals surface area contributed by atoms with E-state index in [1.165, 1.54) is 0 Å². The first kappa shape index (κ1) is 12.8. The van der Waals surface area contributed by atoms with Crippen LogP contribution in [0.3, 0.4) is 0 Å². The summed E-state index contributed by atoms with van der Waals surface area (Å²) in [5.74, 6) is 2.45. The van der Waals surface area contributed by atoms with E-state index in [1.807, 2.05) is 60.7 Å². The van der Waals surface area contributed by atoms with Gasteiger partial charge in [0.2, 0.25) is 0 Å². The fourth-order valence-corrected chi connectivity index (χ4v) is 2.24. The highest BCUT2D eigenvalue weighted by molar-refractivity contribution is 6.30. The molecule has 20 heavy (non-hydrogen) atoms. The average Bonchev–Trinajstić information content (AvgIpc) is 2.97. The van der Waals surface area contributed by atoms with Gasteiger partial charge in [0.05, 0.1) is 7.11 Å². The second-order valence-corrected chi connectivity index (χ2v) is 4.84. The monoisotopic (exact) mass is 284 g/mol. The minimum atomic E-state index is 0.699. The number of hydrogen-bond donors (Lipinski definition) is 0. The van der Waals surface area contributed by atoms with Gasteiger partial charge in [-0.3, -0.25) is 0 Å². The van der Waals surface area contributed by atoms with Gasteiger partial charge in [0, 0.05) is 16.1 Å². The molecule has 0 saturated heterocycles. The molecule has 0 fully saturated rings. The summed E-state index contributed by atoms with van der Waals surface area (Å²) in [6.07, 6.45) is 0. The van der Waals surface area contributed by atoms with E-state index >= 15 is 0 Å². The lowest BCUT2D eigenvalue weighted by atomic mass is 10.1. The Balaban J connectivity index is 1.93. The Morgan fingerprint density at radius 2 is 1.55 bits per heavy atom. The molecule has 0 radical (unpaired) electrons. The Labute approximate surface area is 122 Å². The van der Waals surface area contributed by atoms with Crippen LogP contribution in [0, 0.1) is 0 Å². The van der Waals surface area contributed by atoms with Crippen LogP contribution >= 0.6 is 11.6 Å². The fraction of sp³-hybridized carbons (Fsp3) is 0.0588. The van der Waals surface area contributed by atoms with Crippen LogP contribution in [-0.2, 0) is 0 Å². The highest BCUT2D eigenvalue weighted by Crippen LogP contribution is 2.30. The number of rotatable bonds is 3. The molecule has 2 nitrogen and oxygen atoms in total. The minimum absolute atomic E-state index is 0.699. The lowest BCUT2D eigenvalue weighted by Crippen LogP contribution is -1.81. The standard InChI is InChI=1S/C17H13ClO2/c1-19-15-7-5-12(6-8-15)16-9-10-17(20-16)13-3-2-4-14(18)11-13/h2-11H,1H3. The first-order valence-electron chi connectivity index (χ1n) is 6.26. The van der Waals surface area contributed by atoms with Crippen LogP contribution in [0.15, 0.2) is 65.1 Å². The first-order valence-corrected chi connectivity index (χ1v) is 6.64. The molecule has 0 bridgehead atoms. The summed E-state index contributed by atoms with van der Waals surface area (Å²) in [6, 6.07) is 19.3. The molecule has 0 saturated carbocycles. The van der Waals surface area contributed by atoms with E-state index in [0.29, 0.717) is 5.02 Å². The predicted octanol–water partition coefficient (Wildman–Crippen LogP) is 5.28. The molecule has 0 N–H and O–H groups in total. The maximum atomic E-state index is 6.00. The van der Waals surface area contributed by atoms with Crippen molar-refractivity contribution in [3.05, 3.63) is 65.7 Å². The molecule has 0 aliphatic rings. The summed E-state index contributed by atoms with van der Waals surface area (Å²) in [4.78, 5) is 0. The topological polar surface area (TPSA) is 22.4 Å². The molecule has 0 aliphatic heterocycles. The van der Waals surface area contributed by atoms with Gasteiger partial charge in [-0.1, -0.05) is 23.7 Å². The number of halogens is 1. The van der Waals surface area contributed by atoms with Crippen molar-refractivity contribution in [2.24, 2.45) is 0 Å². The molecule has 0 atom stereocenters. The van der Waals surface area contributed by atoms with Gasteiger partial charge < -0.3 is 9.15 Å². The van der Waals surface area contributed by atoms with Gasteiger partial charge in [-0.05, 0) is 48.5 Å². The van der Waals surface area contributed by atoms with Gasteiger partial charge in [-0.15, -0.1) is 0 Å². The molecule has 3 heteroatoms. The van der Waals surface area contributed by atoms with Crippen LogP contribution in [-0.4, -0.2) is 7.11 Å². The maximum absolute atomic E-state index is 6.00. The molecule has 1 heterocycles. The van der Waals surface area contributed by atoms with Crippen LogP contribution in [0.2, 0.25) is 5.02 Å². The molecule has 1 aromatic heterocycles. The Morgan fingerprint density at radius 1 is 0.850 bits per heavy atom. The normalized spacial score (nSPS) is 10.5. The third-order valence-corrected chi connectivity index (χ3v) is 3.32. The van der Waals surface area contributed by atoms with E-state index in [-0.39, 0.29) is 0 Å². The van der Waals surface area contributed by atoms with Crippen molar-refractivity contribution in [2.75, 3.05) is 7.11 Å². The summed E-state index contributed by atoms with van der Waals surface area (Å²) in [5.41, 5.74) is 1.98. The Bertz CT molecular complexity index is 714. The second kappa shape index (κ2) is 5.43. The fourth-order valence-electron chi connectivity index (χ4n) is 2.05. The van der Waals surface area contributed by atoms with Gasteiger partial charge in [0.15, 0.2) is 0 Å². The molecule has 2 aromatic carbocycles. The predicted molar refractivity (Wildman–Crippen MR) is 81.1 cm³/mol. The van der Waals surface area contributed by atoms with Crippen molar-refractivity contribution < 1.29 is 9.15 Å². The number of ether oxygens (including phenoxy) is 1. The molecule has 3 rings (SSSR count). The Hall–Kier alpha value is -2.19. The van der Waals surface area contributed by atoms with Crippen molar-refractivity contribution in [3.8, 4) is 28.4 Å². The highest BCUT2D eigenvalue weighted by Gasteiger charge is 2.07. The molecule has 100 valence electrons. The van der Waals surface area contributed by atoms with Crippen LogP contribution < -0.4 is 4.74 Å². The average molecular weight is 285 g/mol. The highest BCUT2D eigenvalue weighted by atomic mass is 35.5. The third kappa shape index (κ3) is 2.56. The van der Waals surface area contributed by atoms with E-state index < -0.39 is 0 Å². The molecule has 0 spiro atoms. The first-order chi connectivity index (χ1) is 9.76. The van der Waals surface area contributed by atoms with Crippen molar-refractivity contribution in [3.63, 3.8) is 0 Å². The zero-order chi connectivity index (χ0) is 13.9. The molecule has 0 amide bonds. The van der Waals surface area contributed by atoms with Gasteiger partial charge in [-0.2, -0.15) is 0 Å². The van der Waals surface area contributed by atoms with Crippen LogP contribution in [0.1, 0.15) is 0 Å². The van der Waals surface area contributed by atoms with E-state index in [1.54, 1.807) is 7.11 Å².